The highest BCUT2D eigenvalue weighted by Gasteiger charge is 2.16. The van der Waals surface area contributed by atoms with Crippen LogP contribution in [0.3, 0.4) is 0 Å². The molecule has 6 heteroatoms. The molecule has 2 rings (SSSR count). The van der Waals surface area contributed by atoms with Crippen LogP contribution in [0.1, 0.15) is 23.2 Å². The summed E-state index contributed by atoms with van der Waals surface area (Å²) < 4.78 is 16.0. The maximum atomic E-state index is 11.8. The molecule has 0 spiro atoms. The Morgan fingerprint density at radius 3 is 2.78 bits per heavy atom. The molecular weight excluding hydrogens is 298 g/mol. The Hall–Kier alpha value is -2.34. The fraction of sp³-hybridized carbons (Fsp3) is 0.412. The van der Waals surface area contributed by atoms with Gasteiger partial charge in [-0.2, -0.15) is 0 Å². The van der Waals surface area contributed by atoms with E-state index in [1.54, 1.807) is 30.3 Å². The van der Waals surface area contributed by atoms with Gasteiger partial charge in [0.05, 0.1) is 11.7 Å². The largest absolute Gasteiger partial charge is 0.491 e. The van der Waals surface area contributed by atoms with Crippen LogP contribution in [0.4, 0.5) is 0 Å². The van der Waals surface area contributed by atoms with E-state index in [0.29, 0.717) is 24.5 Å². The fourth-order valence-electron chi connectivity index (χ4n) is 2.10. The van der Waals surface area contributed by atoms with Crippen molar-refractivity contribution < 1.29 is 23.8 Å². The van der Waals surface area contributed by atoms with E-state index in [2.05, 4.69) is 11.9 Å². The molecular formula is C17H21NO5. The van der Waals surface area contributed by atoms with Gasteiger partial charge in [0, 0.05) is 13.2 Å². The number of benzene rings is 1. The van der Waals surface area contributed by atoms with Crippen molar-refractivity contribution in [2.45, 2.75) is 18.9 Å². The molecule has 0 radical (unpaired) electrons. The Kier molecular flexibility index (Phi) is 6.62. The van der Waals surface area contributed by atoms with E-state index in [9.17, 15) is 9.59 Å². The zero-order valence-corrected chi connectivity index (χ0v) is 13.0. The molecule has 1 amide bonds. The van der Waals surface area contributed by atoms with E-state index in [1.807, 2.05) is 0 Å². The van der Waals surface area contributed by atoms with Gasteiger partial charge in [-0.1, -0.05) is 6.08 Å². The molecule has 1 aromatic carbocycles. The van der Waals surface area contributed by atoms with E-state index < -0.39 is 5.97 Å². The number of rotatable bonds is 8. The third kappa shape index (κ3) is 5.75. The minimum Gasteiger partial charge on any atom is -0.491 e. The van der Waals surface area contributed by atoms with Gasteiger partial charge in [0.2, 0.25) is 0 Å². The molecule has 6 nitrogen and oxygen atoms in total. The summed E-state index contributed by atoms with van der Waals surface area (Å²) >= 11 is 0. The second kappa shape index (κ2) is 8.95. The van der Waals surface area contributed by atoms with Gasteiger partial charge >= 0.3 is 5.97 Å². The monoisotopic (exact) mass is 319 g/mol. The van der Waals surface area contributed by atoms with Crippen molar-refractivity contribution in [3.63, 3.8) is 0 Å². The highest BCUT2D eigenvalue weighted by molar-refractivity contribution is 5.91. The van der Waals surface area contributed by atoms with Gasteiger partial charge in [-0.25, -0.2) is 4.79 Å². The first kappa shape index (κ1) is 17.0. The molecule has 0 aromatic heterocycles. The van der Waals surface area contributed by atoms with Gasteiger partial charge in [-0.05, 0) is 37.1 Å². The molecule has 1 heterocycles. The van der Waals surface area contributed by atoms with Crippen LogP contribution in [0.15, 0.2) is 36.9 Å². The lowest BCUT2D eigenvalue weighted by Crippen LogP contribution is -2.28. The van der Waals surface area contributed by atoms with E-state index >= 15 is 0 Å². The van der Waals surface area contributed by atoms with Crippen LogP contribution in [0.2, 0.25) is 0 Å². The molecule has 0 aliphatic carbocycles. The number of hydrogen-bond acceptors (Lipinski definition) is 5. The standard InChI is InChI=1S/C17H21NO5/c1-2-9-18-16(19)12-23-17(20)13-5-7-14(8-6-13)22-11-15-4-3-10-21-15/h2,5-8,15H,1,3-4,9-12H2,(H,18,19)/t15-/m1/s1. The van der Waals surface area contributed by atoms with Gasteiger partial charge in [0.15, 0.2) is 6.61 Å². The Bertz CT molecular complexity index is 534. The predicted molar refractivity (Wildman–Crippen MR) is 84.4 cm³/mol. The van der Waals surface area contributed by atoms with Crippen LogP contribution in [0.5, 0.6) is 5.75 Å². The maximum absolute atomic E-state index is 11.8. The lowest BCUT2D eigenvalue weighted by Gasteiger charge is -2.11. The normalized spacial score (nSPS) is 16.6. The van der Waals surface area contributed by atoms with Crippen molar-refractivity contribution >= 4 is 11.9 Å². The summed E-state index contributed by atoms with van der Waals surface area (Å²) in [5.41, 5.74) is 0.367. The summed E-state index contributed by atoms with van der Waals surface area (Å²) in [6.45, 7) is 4.80. The van der Waals surface area contributed by atoms with Crippen LogP contribution >= 0.6 is 0 Å². The molecule has 1 aromatic rings. The van der Waals surface area contributed by atoms with Gasteiger partial charge in [0.1, 0.15) is 12.4 Å². The zero-order valence-electron chi connectivity index (χ0n) is 13.0. The van der Waals surface area contributed by atoms with Crippen molar-refractivity contribution in [2.75, 3.05) is 26.4 Å². The Balaban J connectivity index is 1.75. The molecule has 1 N–H and O–H groups in total. The van der Waals surface area contributed by atoms with Gasteiger partial charge in [-0.3, -0.25) is 4.79 Å². The maximum Gasteiger partial charge on any atom is 0.338 e. The van der Waals surface area contributed by atoms with Crippen molar-refractivity contribution in [1.82, 2.24) is 5.32 Å². The summed E-state index contributed by atoms with van der Waals surface area (Å²) in [7, 11) is 0. The molecule has 1 saturated heterocycles. The quantitative estimate of drug-likeness (QED) is 0.583. The van der Waals surface area contributed by atoms with E-state index in [1.165, 1.54) is 0 Å². The lowest BCUT2D eigenvalue weighted by atomic mass is 10.2. The Morgan fingerprint density at radius 1 is 1.35 bits per heavy atom. The lowest BCUT2D eigenvalue weighted by molar-refractivity contribution is -0.124. The number of ether oxygens (including phenoxy) is 3. The highest BCUT2D eigenvalue weighted by atomic mass is 16.5. The molecule has 0 bridgehead atoms. The van der Waals surface area contributed by atoms with Gasteiger partial charge < -0.3 is 19.5 Å². The first-order chi connectivity index (χ1) is 11.2. The molecule has 1 aliphatic heterocycles. The summed E-state index contributed by atoms with van der Waals surface area (Å²) in [6, 6.07) is 6.61. The summed E-state index contributed by atoms with van der Waals surface area (Å²) in [5.74, 6) is -0.250. The zero-order chi connectivity index (χ0) is 16.5. The molecule has 1 fully saturated rings. The average Bonchev–Trinajstić information content (AvgIpc) is 3.10. The minimum absolute atomic E-state index is 0.147. The summed E-state index contributed by atoms with van der Waals surface area (Å²) in [6.07, 6.45) is 3.78. The van der Waals surface area contributed by atoms with Crippen molar-refractivity contribution in [2.24, 2.45) is 0 Å². The molecule has 0 unspecified atom stereocenters. The molecule has 23 heavy (non-hydrogen) atoms. The summed E-state index contributed by atoms with van der Waals surface area (Å²) in [5, 5.41) is 2.53. The number of hydrogen-bond donors (Lipinski definition) is 1. The third-order valence-electron chi connectivity index (χ3n) is 3.33. The minimum atomic E-state index is -0.551. The number of amides is 1. The van der Waals surface area contributed by atoms with Crippen LogP contribution < -0.4 is 10.1 Å². The smallest absolute Gasteiger partial charge is 0.338 e. The van der Waals surface area contributed by atoms with Crippen molar-refractivity contribution in [3.8, 4) is 5.75 Å². The van der Waals surface area contributed by atoms with E-state index in [-0.39, 0.29) is 18.6 Å². The number of esters is 1. The van der Waals surface area contributed by atoms with Crippen LogP contribution in [0.25, 0.3) is 0 Å². The number of carbonyl (C=O) groups is 2. The predicted octanol–water partition coefficient (Wildman–Crippen LogP) is 1.70. The SMILES string of the molecule is C=CCNC(=O)COC(=O)c1ccc(OC[C@H]2CCCO2)cc1. The van der Waals surface area contributed by atoms with Crippen molar-refractivity contribution in [1.29, 1.82) is 0 Å². The van der Waals surface area contributed by atoms with E-state index in [0.717, 1.165) is 19.4 Å². The van der Waals surface area contributed by atoms with Gasteiger partial charge in [-0.15, -0.1) is 6.58 Å². The second-order valence-corrected chi connectivity index (χ2v) is 5.14. The van der Waals surface area contributed by atoms with Gasteiger partial charge in [0.25, 0.3) is 5.91 Å². The first-order valence-corrected chi connectivity index (χ1v) is 7.58. The Morgan fingerprint density at radius 2 is 2.13 bits per heavy atom. The first-order valence-electron chi connectivity index (χ1n) is 7.58. The van der Waals surface area contributed by atoms with Crippen LogP contribution in [-0.4, -0.2) is 44.3 Å². The van der Waals surface area contributed by atoms with Crippen molar-refractivity contribution in [3.05, 3.63) is 42.5 Å². The van der Waals surface area contributed by atoms with E-state index in [4.69, 9.17) is 14.2 Å². The highest BCUT2D eigenvalue weighted by Crippen LogP contribution is 2.17. The second-order valence-electron chi connectivity index (χ2n) is 5.14. The number of carbonyl (C=O) groups excluding carboxylic acids is 2. The summed E-state index contributed by atoms with van der Waals surface area (Å²) in [4.78, 5) is 23.2. The fourth-order valence-corrected chi connectivity index (χ4v) is 2.10. The number of nitrogens with one attached hydrogen (secondary N) is 1. The topological polar surface area (TPSA) is 73.9 Å². The Labute approximate surface area is 135 Å². The van der Waals surface area contributed by atoms with Crippen LogP contribution in [-0.2, 0) is 14.3 Å². The average molecular weight is 319 g/mol. The molecule has 1 aliphatic rings. The molecule has 124 valence electrons. The van der Waals surface area contributed by atoms with Crippen LogP contribution in [0, 0.1) is 0 Å². The third-order valence-corrected chi connectivity index (χ3v) is 3.33. The molecule has 1 atom stereocenters. The molecule has 0 saturated carbocycles.